The van der Waals surface area contributed by atoms with Crippen molar-refractivity contribution in [3.05, 3.63) is 48.3 Å². The number of hydrogen-bond acceptors (Lipinski definition) is 7. The van der Waals surface area contributed by atoms with Crippen molar-refractivity contribution in [2.45, 2.75) is 19.4 Å². The summed E-state index contributed by atoms with van der Waals surface area (Å²) in [5, 5.41) is 3.94. The van der Waals surface area contributed by atoms with Crippen LogP contribution in [0.4, 0.5) is 11.5 Å². The molecule has 2 aliphatic heterocycles. The lowest BCUT2D eigenvalue weighted by molar-refractivity contribution is -0.114. The SMILES string of the molecule is CC(=O)Nc1cccc(-c2cc(N3CCOCC3)nc3c(C4CCNN4)nccc23)c1. The molecule has 3 N–H and O–H groups in total. The van der Waals surface area contributed by atoms with Gasteiger partial charge in [-0.05, 0) is 41.8 Å². The minimum atomic E-state index is -0.0861. The number of ether oxygens (including phenoxy) is 1. The first kappa shape index (κ1) is 19.9. The van der Waals surface area contributed by atoms with Crippen LogP contribution >= 0.6 is 0 Å². The number of rotatable bonds is 4. The molecule has 160 valence electrons. The van der Waals surface area contributed by atoms with Gasteiger partial charge in [0.05, 0.1) is 30.5 Å². The number of carbonyl (C=O) groups is 1. The largest absolute Gasteiger partial charge is 0.378 e. The van der Waals surface area contributed by atoms with Crippen LogP contribution in [-0.4, -0.2) is 48.7 Å². The molecule has 0 bridgehead atoms. The number of anilines is 2. The molecular weight excluding hydrogens is 392 g/mol. The van der Waals surface area contributed by atoms with E-state index in [1.165, 1.54) is 6.92 Å². The van der Waals surface area contributed by atoms with E-state index in [4.69, 9.17) is 14.7 Å². The van der Waals surface area contributed by atoms with E-state index in [9.17, 15) is 4.79 Å². The van der Waals surface area contributed by atoms with Crippen LogP contribution in [0.15, 0.2) is 42.6 Å². The fourth-order valence-corrected chi connectivity index (χ4v) is 4.26. The number of morpholine rings is 1. The van der Waals surface area contributed by atoms with Crippen molar-refractivity contribution in [1.82, 2.24) is 20.8 Å². The summed E-state index contributed by atoms with van der Waals surface area (Å²) in [5.41, 5.74) is 11.3. The molecule has 5 rings (SSSR count). The number of hydrazine groups is 1. The Labute approximate surface area is 181 Å². The fourth-order valence-electron chi connectivity index (χ4n) is 4.26. The minimum absolute atomic E-state index is 0.0861. The Hall–Kier alpha value is -3.07. The van der Waals surface area contributed by atoms with E-state index >= 15 is 0 Å². The van der Waals surface area contributed by atoms with Crippen LogP contribution in [0.3, 0.4) is 0 Å². The summed E-state index contributed by atoms with van der Waals surface area (Å²) in [4.78, 5) is 23.6. The molecule has 1 atom stereocenters. The predicted molar refractivity (Wildman–Crippen MR) is 121 cm³/mol. The van der Waals surface area contributed by atoms with Gasteiger partial charge in [0.25, 0.3) is 0 Å². The first-order chi connectivity index (χ1) is 15.2. The maximum atomic E-state index is 11.6. The number of pyridine rings is 2. The van der Waals surface area contributed by atoms with Crippen LogP contribution < -0.4 is 21.1 Å². The summed E-state index contributed by atoms with van der Waals surface area (Å²) >= 11 is 0. The molecular formula is C23H26N6O2. The van der Waals surface area contributed by atoms with Gasteiger partial charge in [0.15, 0.2) is 0 Å². The highest BCUT2D eigenvalue weighted by Crippen LogP contribution is 2.35. The zero-order chi connectivity index (χ0) is 21.2. The van der Waals surface area contributed by atoms with Gasteiger partial charge in [-0.3, -0.25) is 15.2 Å². The molecule has 0 saturated carbocycles. The third-order valence-corrected chi connectivity index (χ3v) is 5.74. The van der Waals surface area contributed by atoms with Crippen LogP contribution in [0.5, 0.6) is 0 Å². The van der Waals surface area contributed by atoms with E-state index in [2.05, 4.69) is 33.2 Å². The van der Waals surface area contributed by atoms with Crippen molar-refractivity contribution in [2.24, 2.45) is 0 Å². The summed E-state index contributed by atoms with van der Waals surface area (Å²) in [6, 6.07) is 12.2. The number of nitrogens with zero attached hydrogens (tertiary/aromatic N) is 3. The second-order valence-electron chi connectivity index (χ2n) is 7.89. The highest BCUT2D eigenvalue weighted by Gasteiger charge is 2.23. The van der Waals surface area contributed by atoms with Crippen LogP contribution in [-0.2, 0) is 9.53 Å². The lowest BCUT2D eigenvalue weighted by Gasteiger charge is -2.29. The van der Waals surface area contributed by atoms with Gasteiger partial charge in [0.1, 0.15) is 5.82 Å². The number of aromatic nitrogens is 2. The Balaban J connectivity index is 1.69. The quantitative estimate of drug-likeness (QED) is 0.600. The standard InChI is InChI=1S/C23H26N6O2/c1-15(30)26-17-4-2-3-16(13-17)19-14-21(29-9-11-31-12-10-29)27-22-18(19)5-7-24-23(22)20-6-8-25-28-20/h2-5,7,13-14,20,25,28H,6,8-12H2,1H3,(H,26,30). The van der Waals surface area contributed by atoms with E-state index < -0.39 is 0 Å². The molecule has 1 amide bonds. The molecule has 2 saturated heterocycles. The summed E-state index contributed by atoms with van der Waals surface area (Å²) < 4.78 is 5.54. The van der Waals surface area contributed by atoms with Crippen molar-refractivity contribution < 1.29 is 9.53 Å². The Kier molecular flexibility index (Phi) is 5.50. The third kappa shape index (κ3) is 4.10. The van der Waals surface area contributed by atoms with Gasteiger partial charge in [-0.1, -0.05) is 12.1 Å². The van der Waals surface area contributed by atoms with Gasteiger partial charge in [-0.2, -0.15) is 0 Å². The Morgan fingerprint density at radius 3 is 2.87 bits per heavy atom. The van der Waals surface area contributed by atoms with E-state index in [-0.39, 0.29) is 11.9 Å². The normalized spacial score (nSPS) is 19.0. The van der Waals surface area contributed by atoms with E-state index in [1.807, 2.05) is 30.5 Å². The van der Waals surface area contributed by atoms with Gasteiger partial charge in [-0.15, -0.1) is 0 Å². The van der Waals surface area contributed by atoms with Crippen molar-refractivity contribution >= 4 is 28.3 Å². The number of fused-ring (bicyclic) bond motifs is 1. The van der Waals surface area contributed by atoms with Crippen molar-refractivity contribution in [3.63, 3.8) is 0 Å². The van der Waals surface area contributed by atoms with Crippen molar-refractivity contribution in [2.75, 3.05) is 43.1 Å². The minimum Gasteiger partial charge on any atom is -0.378 e. The monoisotopic (exact) mass is 418 g/mol. The van der Waals surface area contributed by atoms with E-state index in [0.29, 0.717) is 13.2 Å². The molecule has 0 spiro atoms. The van der Waals surface area contributed by atoms with Crippen LogP contribution in [0.25, 0.3) is 22.0 Å². The number of carbonyl (C=O) groups excluding carboxylic acids is 1. The molecule has 3 aromatic rings. The van der Waals surface area contributed by atoms with Crippen LogP contribution in [0.1, 0.15) is 25.1 Å². The lowest BCUT2D eigenvalue weighted by atomic mass is 9.98. The third-order valence-electron chi connectivity index (χ3n) is 5.74. The number of amides is 1. The van der Waals surface area contributed by atoms with E-state index in [1.54, 1.807) is 0 Å². The smallest absolute Gasteiger partial charge is 0.221 e. The zero-order valence-corrected chi connectivity index (χ0v) is 17.5. The Morgan fingerprint density at radius 1 is 1.23 bits per heavy atom. The van der Waals surface area contributed by atoms with Gasteiger partial charge in [0.2, 0.25) is 5.91 Å². The molecule has 1 unspecified atom stereocenters. The first-order valence-corrected chi connectivity index (χ1v) is 10.7. The molecule has 8 heteroatoms. The molecule has 31 heavy (non-hydrogen) atoms. The van der Waals surface area contributed by atoms with Gasteiger partial charge in [0, 0.05) is 43.8 Å². The number of benzene rings is 1. The van der Waals surface area contributed by atoms with Crippen molar-refractivity contribution in [1.29, 1.82) is 0 Å². The summed E-state index contributed by atoms with van der Waals surface area (Å²) in [6.07, 6.45) is 2.82. The average molecular weight is 419 g/mol. The van der Waals surface area contributed by atoms with E-state index in [0.717, 1.165) is 65.3 Å². The van der Waals surface area contributed by atoms with Gasteiger partial charge >= 0.3 is 0 Å². The maximum absolute atomic E-state index is 11.6. The molecule has 2 aliphatic rings. The predicted octanol–water partition coefficient (Wildman–Crippen LogP) is 2.63. The first-order valence-electron chi connectivity index (χ1n) is 10.7. The lowest BCUT2D eigenvalue weighted by Crippen LogP contribution is -2.36. The number of nitrogens with one attached hydrogen (secondary N) is 3. The highest BCUT2D eigenvalue weighted by atomic mass is 16.5. The second kappa shape index (κ2) is 8.58. The van der Waals surface area contributed by atoms with Crippen molar-refractivity contribution in [3.8, 4) is 11.1 Å². The van der Waals surface area contributed by atoms with Crippen LogP contribution in [0, 0.1) is 0 Å². The zero-order valence-electron chi connectivity index (χ0n) is 17.5. The van der Waals surface area contributed by atoms with Gasteiger partial charge < -0.3 is 15.0 Å². The summed E-state index contributed by atoms with van der Waals surface area (Å²) in [7, 11) is 0. The summed E-state index contributed by atoms with van der Waals surface area (Å²) in [5.74, 6) is 0.841. The molecule has 0 radical (unpaired) electrons. The maximum Gasteiger partial charge on any atom is 0.221 e. The molecule has 1 aromatic carbocycles. The second-order valence-corrected chi connectivity index (χ2v) is 7.89. The molecule has 0 aliphatic carbocycles. The average Bonchev–Trinajstić information content (AvgIpc) is 3.33. The fraction of sp³-hybridized carbons (Fsp3) is 0.348. The Morgan fingerprint density at radius 2 is 2.10 bits per heavy atom. The highest BCUT2D eigenvalue weighted by molar-refractivity contribution is 5.98. The van der Waals surface area contributed by atoms with Crippen LogP contribution in [0.2, 0.25) is 0 Å². The Bertz CT molecular complexity index is 1110. The van der Waals surface area contributed by atoms with Gasteiger partial charge in [-0.25, -0.2) is 10.4 Å². The molecule has 2 fully saturated rings. The topological polar surface area (TPSA) is 91.4 Å². The molecule has 8 nitrogen and oxygen atoms in total. The molecule has 2 aromatic heterocycles. The summed E-state index contributed by atoms with van der Waals surface area (Å²) in [6.45, 7) is 5.43. The number of hydrogen-bond donors (Lipinski definition) is 3. The molecule has 4 heterocycles.